The molecule has 21 heavy (non-hydrogen) atoms. The fraction of sp³-hybridized carbons (Fsp3) is 0.438. The van der Waals surface area contributed by atoms with Crippen LogP contribution in [0.2, 0.25) is 0 Å². The Morgan fingerprint density at radius 3 is 2.43 bits per heavy atom. The van der Waals surface area contributed by atoms with Crippen LogP contribution in [0.3, 0.4) is 0 Å². The van der Waals surface area contributed by atoms with Crippen molar-refractivity contribution in [3.63, 3.8) is 0 Å². The van der Waals surface area contributed by atoms with Gasteiger partial charge in [0.05, 0.1) is 12.8 Å². The van der Waals surface area contributed by atoms with E-state index in [1.807, 2.05) is 45.0 Å². The first-order valence-electron chi connectivity index (χ1n) is 6.93. The zero-order chi connectivity index (χ0) is 15.5. The van der Waals surface area contributed by atoms with Gasteiger partial charge in [0, 0.05) is 6.42 Å². The van der Waals surface area contributed by atoms with E-state index in [-0.39, 0.29) is 6.42 Å². The van der Waals surface area contributed by atoms with E-state index in [2.05, 4.69) is 10.2 Å². The number of aryl methyl sites for hydroxylation is 1. The Balaban J connectivity index is 2.01. The van der Waals surface area contributed by atoms with E-state index in [0.29, 0.717) is 24.6 Å². The summed E-state index contributed by atoms with van der Waals surface area (Å²) in [5.74, 6) is 0.225. The van der Waals surface area contributed by atoms with Crippen LogP contribution < -0.4 is 0 Å². The number of rotatable bonds is 6. The molecule has 1 aromatic heterocycles. The molecule has 0 saturated heterocycles. The minimum Gasteiger partial charge on any atom is -0.481 e. The predicted molar refractivity (Wildman–Crippen MR) is 78.0 cm³/mol. The van der Waals surface area contributed by atoms with Gasteiger partial charge >= 0.3 is 5.97 Å². The number of carboxylic acids is 1. The number of carbonyl (C=O) groups is 1. The molecule has 0 aliphatic heterocycles. The molecule has 0 saturated carbocycles. The maximum Gasteiger partial charge on any atom is 0.303 e. The Labute approximate surface area is 124 Å². The van der Waals surface area contributed by atoms with Crippen molar-refractivity contribution in [1.82, 2.24) is 10.2 Å². The average molecular weight is 288 g/mol. The molecule has 0 aliphatic rings. The van der Waals surface area contributed by atoms with Gasteiger partial charge in [0.1, 0.15) is 0 Å². The van der Waals surface area contributed by atoms with Gasteiger partial charge in [-0.05, 0) is 17.9 Å². The summed E-state index contributed by atoms with van der Waals surface area (Å²) in [4.78, 5) is 10.8. The van der Waals surface area contributed by atoms with Crippen molar-refractivity contribution in [3.05, 3.63) is 47.2 Å². The first kappa shape index (κ1) is 15.2. The van der Waals surface area contributed by atoms with E-state index in [9.17, 15) is 4.79 Å². The van der Waals surface area contributed by atoms with Gasteiger partial charge in [-0.2, -0.15) is 0 Å². The van der Waals surface area contributed by atoms with Gasteiger partial charge in [0.25, 0.3) is 0 Å². The Kier molecular flexibility index (Phi) is 4.40. The molecule has 0 unspecified atom stereocenters. The number of aliphatic carboxylic acids is 1. The first-order chi connectivity index (χ1) is 9.84. The molecule has 0 bridgehead atoms. The zero-order valence-corrected chi connectivity index (χ0v) is 12.6. The van der Waals surface area contributed by atoms with Crippen molar-refractivity contribution in [2.75, 3.05) is 0 Å². The average Bonchev–Trinajstić information content (AvgIpc) is 2.77. The van der Waals surface area contributed by atoms with E-state index < -0.39 is 11.4 Å². The quantitative estimate of drug-likeness (QED) is 0.884. The van der Waals surface area contributed by atoms with Gasteiger partial charge in [0.2, 0.25) is 11.8 Å². The number of aromatic nitrogens is 2. The van der Waals surface area contributed by atoms with Crippen molar-refractivity contribution in [1.29, 1.82) is 0 Å². The summed E-state index contributed by atoms with van der Waals surface area (Å²) in [5, 5.41) is 16.9. The van der Waals surface area contributed by atoms with Crippen LogP contribution in [0.1, 0.15) is 43.2 Å². The maximum absolute atomic E-state index is 10.8. The molecule has 0 radical (unpaired) electrons. The van der Waals surface area contributed by atoms with E-state index >= 15 is 0 Å². The lowest BCUT2D eigenvalue weighted by molar-refractivity contribution is -0.139. The first-order valence-corrected chi connectivity index (χ1v) is 6.93. The van der Waals surface area contributed by atoms with Gasteiger partial charge in [0.15, 0.2) is 0 Å². The molecule has 0 amide bonds. The number of carboxylic acid groups (broad SMARTS) is 1. The maximum atomic E-state index is 10.8. The predicted octanol–water partition coefficient (Wildman–Crippen LogP) is 3.01. The molecule has 5 nitrogen and oxygen atoms in total. The second-order valence-electron chi connectivity index (χ2n) is 6.16. The summed E-state index contributed by atoms with van der Waals surface area (Å²) in [6.07, 6.45) is 1.12. The van der Waals surface area contributed by atoms with Crippen molar-refractivity contribution in [2.45, 2.75) is 40.0 Å². The minimum atomic E-state index is -0.820. The third-order valence-corrected chi connectivity index (χ3v) is 3.24. The Morgan fingerprint density at radius 2 is 1.81 bits per heavy atom. The smallest absolute Gasteiger partial charge is 0.303 e. The van der Waals surface area contributed by atoms with Gasteiger partial charge in [-0.3, -0.25) is 4.79 Å². The SMILES string of the molecule is Cc1ccc(Cc2nnc(CC(C)(C)CC(=O)O)o2)cc1. The summed E-state index contributed by atoms with van der Waals surface area (Å²) in [6, 6.07) is 8.16. The van der Waals surface area contributed by atoms with Crippen molar-refractivity contribution in [2.24, 2.45) is 5.41 Å². The normalized spacial score (nSPS) is 11.6. The summed E-state index contributed by atoms with van der Waals surface area (Å²) in [6.45, 7) is 5.80. The third kappa shape index (κ3) is 4.70. The molecular formula is C16H20N2O3. The lowest BCUT2D eigenvalue weighted by Gasteiger charge is -2.19. The van der Waals surface area contributed by atoms with Crippen molar-refractivity contribution in [3.8, 4) is 0 Å². The van der Waals surface area contributed by atoms with Crippen molar-refractivity contribution < 1.29 is 14.3 Å². The van der Waals surface area contributed by atoms with Gasteiger partial charge in [-0.1, -0.05) is 43.7 Å². The standard InChI is InChI=1S/C16H20N2O3/c1-11-4-6-12(7-5-11)8-13-17-18-14(21-13)9-16(2,3)10-15(19)20/h4-7H,8-10H2,1-3H3,(H,19,20). The highest BCUT2D eigenvalue weighted by atomic mass is 16.4. The summed E-state index contributed by atoms with van der Waals surface area (Å²) in [5.41, 5.74) is 1.92. The summed E-state index contributed by atoms with van der Waals surface area (Å²) >= 11 is 0. The lowest BCUT2D eigenvalue weighted by Crippen LogP contribution is -2.19. The van der Waals surface area contributed by atoms with Crippen LogP contribution in [-0.4, -0.2) is 21.3 Å². The Hall–Kier alpha value is -2.17. The molecule has 1 aromatic carbocycles. The van der Waals surface area contributed by atoms with Gasteiger partial charge < -0.3 is 9.52 Å². The fourth-order valence-corrected chi connectivity index (χ4v) is 2.19. The van der Waals surface area contributed by atoms with E-state index in [1.165, 1.54) is 5.56 Å². The highest BCUT2D eigenvalue weighted by molar-refractivity contribution is 5.67. The highest BCUT2D eigenvalue weighted by Crippen LogP contribution is 2.25. The lowest BCUT2D eigenvalue weighted by atomic mass is 9.86. The Morgan fingerprint density at radius 1 is 1.19 bits per heavy atom. The number of hydrogen-bond donors (Lipinski definition) is 1. The molecule has 2 aromatic rings. The van der Waals surface area contributed by atoms with Crippen molar-refractivity contribution >= 4 is 5.97 Å². The topological polar surface area (TPSA) is 76.2 Å². The van der Waals surface area contributed by atoms with Crippen LogP contribution in [-0.2, 0) is 17.6 Å². The molecular weight excluding hydrogens is 268 g/mol. The van der Waals surface area contributed by atoms with Crippen LogP contribution in [0.15, 0.2) is 28.7 Å². The zero-order valence-electron chi connectivity index (χ0n) is 12.6. The van der Waals surface area contributed by atoms with Crippen LogP contribution in [0.5, 0.6) is 0 Å². The van der Waals surface area contributed by atoms with Crippen LogP contribution in [0.25, 0.3) is 0 Å². The largest absolute Gasteiger partial charge is 0.481 e. The monoisotopic (exact) mass is 288 g/mol. The molecule has 112 valence electrons. The van der Waals surface area contributed by atoms with E-state index in [0.717, 1.165) is 5.56 Å². The minimum absolute atomic E-state index is 0.0721. The molecule has 2 rings (SSSR count). The van der Waals surface area contributed by atoms with Crippen LogP contribution in [0, 0.1) is 12.3 Å². The van der Waals surface area contributed by atoms with E-state index in [4.69, 9.17) is 9.52 Å². The second kappa shape index (κ2) is 6.08. The molecule has 1 heterocycles. The molecule has 0 fully saturated rings. The molecule has 5 heteroatoms. The molecule has 0 aliphatic carbocycles. The number of nitrogens with zero attached hydrogens (tertiary/aromatic N) is 2. The second-order valence-corrected chi connectivity index (χ2v) is 6.16. The number of benzene rings is 1. The summed E-state index contributed by atoms with van der Waals surface area (Å²) < 4.78 is 5.62. The third-order valence-electron chi connectivity index (χ3n) is 3.24. The highest BCUT2D eigenvalue weighted by Gasteiger charge is 2.25. The van der Waals surface area contributed by atoms with Crippen LogP contribution >= 0.6 is 0 Å². The molecule has 0 atom stereocenters. The van der Waals surface area contributed by atoms with E-state index in [1.54, 1.807) is 0 Å². The summed E-state index contributed by atoms with van der Waals surface area (Å²) in [7, 11) is 0. The Bertz CT molecular complexity index is 615. The van der Waals surface area contributed by atoms with Crippen LogP contribution in [0.4, 0.5) is 0 Å². The van der Waals surface area contributed by atoms with Gasteiger partial charge in [-0.25, -0.2) is 0 Å². The molecule has 0 spiro atoms. The number of hydrogen-bond acceptors (Lipinski definition) is 4. The van der Waals surface area contributed by atoms with Gasteiger partial charge in [-0.15, -0.1) is 10.2 Å². The molecule has 1 N–H and O–H groups in total. The fourth-order valence-electron chi connectivity index (χ4n) is 2.19.